The van der Waals surface area contributed by atoms with Gasteiger partial charge in [0.2, 0.25) is 0 Å². The van der Waals surface area contributed by atoms with Crippen molar-refractivity contribution in [3.05, 3.63) is 34.9 Å². The van der Waals surface area contributed by atoms with Crippen LogP contribution >= 0.6 is 11.6 Å². The number of hydrogen-bond donors (Lipinski definition) is 1. The lowest BCUT2D eigenvalue weighted by molar-refractivity contribution is 0.156. The summed E-state index contributed by atoms with van der Waals surface area (Å²) in [4.78, 5) is 2.41. The molecule has 1 N–H and O–H groups in total. The Morgan fingerprint density at radius 1 is 1.28 bits per heavy atom. The lowest BCUT2D eigenvalue weighted by Gasteiger charge is -2.41. The second kappa shape index (κ2) is 6.05. The van der Waals surface area contributed by atoms with Gasteiger partial charge in [-0.25, -0.2) is 0 Å². The molecule has 1 aromatic carbocycles. The molecule has 1 fully saturated rings. The van der Waals surface area contributed by atoms with Crippen molar-refractivity contribution >= 4 is 11.6 Å². The molecular weight excluding hydrogens is 244 g/mol. The van der Waals surface area contributed by atoms with E-state index >= 15 is 0 Å². The van der Waals surface area contributed by atoms with Gasteiger partial charge in [0.25, 0.3) is 0 Å². The minimum Gasteiger partial charge on any atom is -0.314 e. The van der Waals surface area contributed by atoms with Gasteiger partial charge in [0, 0.05) is 10.6 Å². The maximum Gasteiger partial charge on any atom is 0.0437 e. The highest BCUT2D eigenvalue weighted by atomic mass is 35.5. The van der Waals surface area contributed by atoms with Gasteiger partial charge in [-0.15, -0.1) is 0 Å². The molecule has 0 bridgehead atoms. The van der Waals surface area contributed by atoms with Crippen LogP contribution in [0.15, 0.2) is 24.3 Å². The summed E-state index contributed by atoms with van der Waals surface area (Å²) in [6, 6.07) is 8.19. The number of aryl methyl sites for hydroxylation is 1. The van der Waals surface area contributed by atoms with Crippen molar-refractivity contribution in [2.75, 3.05) is 27.2 Å². The normalized spacial score (nSPS) is 19.9. The Morgan fingerprint density at radius 2 is 1.94 bits per heavy atom. The summed E-state index contributed by atoms with van der Waals surface area (Å²) < 4.78 is 0. The lowest BCUT2D eigenvalue weighted by atomic mass is 9.82. The van der Waals surface area contributed by atoms with E-state index in [1.54, 1.807) is 0 Å². The Labute approximate surface area is 115 Å². The van der Waals surface area contributed by atoms with E-state index < -0.39 is 0 Å². The highest BCUT2D eigenvalue weighted by molar-refractivity contribution is 6.31. The van der Waals surface area contributed by atoms with Gasteiger partial charge in [0.15, 0.2) is 0 Å². The molecule has 0 aromatic heterocycles. The van der Waals surface area contributed by atoms with Crippen LogP contribution in [-0.4, -0.2) is 37.6 Å². The number of benzene rings is 1. The van der Waals surface area contributed by atoms with Crippen LogP contribution in [0.1, 0.15) is 24.8 Å². The van der Waals surface area contributed by atoms with Gasteiger partial charge in [-0.1, -0.05) is 29.8 Å². The molecule has 0 unspecified atom stereocenters. The third kappa shape index (κ3) is 3.25. The first kappa shape index (κ1) is 13.9. The van der Waals surface area contributed by atoms with E-state index in [0.717, 1.165) is 11.4 Å². The van der Waals surface area contributed by atoms with Crippen molar-refractivity contribution in [1.82, 2.24) is 10.2 Å². The zero-order valence-corrected chi connectivity index (χ0v) is 12.1. The zero-order valence-electron chi connectivity index (χ0n) is 11.4. The Hall–Kier alpha value is -0.570. The molecule has 0 radical (unpaired) electrons. The largest absolute Gasteiger partial charge is 0.314 e. The molecule has 1 aromatic rings. The molecule has 3 heteroatoms. The van der Waals surface area contributed by atoms with E-state index in [0.29, 0.717) is 5.54 Å². The van der Waals surface area contributed by atoms with Crippen LogP contribution < -0.4 is 5.32 Å². The van der Waals surface area contributed by atoms with Crippen molar-refractivity contribution in [3.8, 4) is 0 Å². The first-order chi connectivity index (χ1) is 8.65. The van der Waals surface area contributed by atoms with Crippen LogP contribution in [0.2, 0.25) is 5.02 Å². The standard InChI is InChI=1S/C15H23ClN2/c1-17-15(9-11-18(2)12-10-15)8-7-13-5-3-4-6-14(13)16/h3-6,17H,7-12H2,1-2H3. The Morgan fingerprint density at radius 3 is 2.56 bits per heavy atom. The number of nitrogens with zero attached hydrogens (tertiary/aromatic N) is 1. The number of piperidine rings is 1. The van der Waals surface area contributed by atoms with Crippen LogP contribution in [0.3, 0.4) is 0 Å². The molecule has 0 saturated carbocycles. The molecule has 0 atom stereocenters. The summed E-state index contributed by atoms with van der Waals surface area (Å²) in [6.07, 6.45) is 4.68. The van der Waals surface area contributed by atoms with Gasteiger partial charge in [-0.05, 0) is 64.5 Å². The number of likely N-dealkylation sites (tertiary alicyclic amines) is 1. The highest BCUT2D eigenvalue weighted by Gasteiger charge is 2.31. The average Bonchev–Trinajstić information content (AvgIpc) is 2.40. The van der Waals surface area contributed by atoms with Crippen LogP contribution in [-0.2, 0) is 6.42 Å². The zero-order chi connectivity index (χ0) is 13.0. The summed E-state index contributed by atoms with van der Waals surface area (Å²) in [6.45, 7) is 2.37. The Bertz CT molecular complexity index is 384. The SMILES string of the molecule is CNC1(CCc2ccccc2Cl)CCN(C)CC1. The van der Waals surface area contributed by atoms with Gasteiger partial charge in [-0.3, -0.25) is 0 Å². The first-order valence-electron chi connectivity index (χ1n) is 6.76. The third-order valence-electron chi connectivity index (χ3n) is 4.31. The van der Waals surface area contributed by atoms with Crippen LogP contribution in [0.4, 0.5) is 0 Å². The van der Waals surface area contributed by atoms with Crippen molar-refractivity contribution < 1.29 is 0 Å². The van der Waals surface area contributed by atoms with Gasteiger partial charge in [0.05, 0.1) is 0 Å². The van der Waals surface area contributed by atoms with Crippen LogP contribution in [0.25, 0.3) is 0 Å². The van der Waals surface area contributed by atoms with Gasteiger partial charge in [-0.2, -0.15) is 0 Å². The summed E-state index contributed by atoms with van der Waals surface area (Å²) in [7, 11) is 4.30. The molecule has 2 rings (SSSR count). The smallest absolute Gasteiger partial charge is 0.0437 e. The van der Waals surface area contributed by atoms with Crippen molar-refractivity contribution in [2.45, 2.75) is 31.2 Å². The topological polar surface area (TPSA) is 15.3 Å². The summed E-state index contributed by atoms with van der Waals surface area (Å²) >= 11 is 6.23. The number of hydrogen-bond acceptors (Lipinski definition) is 2. The molecular formula is C15H23ClN2. The Balaban J connectivity index is 1.97. The average molecular weight is 267 g/mol. The quantitative estimate of drug-likeness (QED) is 0.902. The van der Waals surface area contributed by atoms with E-state index in [4.69, 9.17) is 11.6 Å². The van der Waals surface area contributed by atoms with E-state index in [1.807, 2.05) is 12.1 Å². The predicted molar refractivity (Wildman–Crippen MR) is 78.3 cm³/mol. The fraction of sp³-hybridized carbons (Fsp3) is 0.600. The minimum atomic E-state index is 0.297. The van der Waals surface area contributed by atoms with Gasteiger partial charge >= 0.3 is 0 Å². The summed E-state index contributed by atoms with van der Waals surface area (Å²) in [5, 5.41) is 4.46. The summed E-state index contributed by atoms with van der Waals surface area (Å²) in [5.74, 6) is 0. The molecule has 1 saturated heterocycles. The third-order valence-corrected chi connectivity index (χ3v) is 4.67. The fourth-order valence-corrected chi connectivity index (χ4v) is 2.98. The molecule has 0 aliphatic carbocycles. The number of halogens is 1. The Kier molecular flexibility index (Phi) is 4.66. The molecule has 1 heterocycles. The van der Waals surface area contributed by atoms with E-state index in [9.17, 15) is 0 Å². The van der Waals surface area contributed by atoms with Crippen LogP contribution in [0.5, 0.6) is 0 Å². The maximum absolute atomic E-state index is 6.23. The van der Waals surface area contributed by atoms with E-state index in [2.05, 4.69) is 36.4 Å². The fourth-order valence-electron chi connectivity index (χ4n) is 2.75. The highest BCUT2D eigenvalue weighted by Crippen LogP contribution is 2.28. The van der Waals surface area contributed by atoms with Crippen molar-refractivity contribution in [3.63, 3.8) is 0 Å². The monoisotopic (exact) mass is 266 g/mol. The van der Waals surface area contributed by atoms with Crippen LogP contribution in [0, 0.1) is 0 Å². The number of nitrogens with one attached hydrogen (secondary N) is 1. The second-order valence-electron chi connectivity index (χ2n) is 5.43. The number of rotatable bonds is 4. The summed E-state index contributed by atoms with van der Waals surface area (Å²) in [5.41, 5.74) is 1.57. The van der Waals surface area contributed by atoms with Crippen molar-refractivity contribution in [2.24, 2.45) is 0 Å². The van der Waals surface area contributed by atoms with Crippen molar-refractivity contribution in [1.29, 1.82) is 0 Å². The molecule has 100 valence electrons. The molecule has 0 spiro atoms. The molecule has 2 nitrogen and oxygen atoms in total. The predicted octanol–water partition coefficient (Wildman–Crippen LogP) is 2.96. The first-order valence-corrected chi connectivity index (χ1v) is 7.14. The van der Waals surface area contributed by atoms with E-state index in [1.165, 1.54) is 37.9 Å². The van der Waals surface area contributed by atoms with Gasteiger partial charge < -0.3 is 10.2 Å². The maximum atomic E-state index is 6.23. The minimum absolute atomic E-state index is 0.297. The second-order valence-corrected chi connectivity index (χ2v) is 5.83. The molecule has 18 heavy (non-hydrogen) atoms. The molecule has 1 aliphatic rings. The lowest BCUT2D eigenvalue weighted by Crippen LogP contribution is -2.51. The van der Waals surface area contributed by atoms with E-state index in [-0.39, 0.29) is 0 Å². The molecule has 1 aliphatic heterocycles. The van der Waals surface area contributed by atoms with Gasteiger partial charge in [0.1, 0.15) is 0 Å². The molecule has 0 amide bonds.